The second-order valence-corrected chi connectivity index (χ2v) is 4.94. The summed E-state index contributed by atoms with van der Waals surface area (Å²) in [4.78, 5) is 10.1. The maximum Gasteiger partial charge on any atom is 0.269 e. The Morgan fingerprint density at radius 2 is 1.95 bits per heavy atom. The number of nitrogens with one attached hydrogen (secondary N) is 1. The summed E-state index contributed by atoms with van der Waals surface area (Å²) >= 11 is 0. The van der Waals surface area contributed by atoms with Crippen molar-refractivity contribution < 1.29 is 15.1 Å². The van der Waals surface area contributed by atoms with Crippen LogP contribution >= 0.6 is 0 Å². The molecule has 0 aliphatic heterocycles. The Hall–Kier alpha value is -1.50. The quantitative estimate of drug-likeness (QED) is 0.499. The van der Waals surface area contributed by atoms with Gasteiger partial charge >= 0.3 is 0 Å². The summed E-state index contributed by atoms with van der Waals surface area (Å²) in [6.07, 6.45) is 1.06. The minimum atomic E-state index is -0.903. The van der Waals surface area contributed by atoms with Crippen molar-refractivity contribution in [1.82, 2.24) is 5.32 Å². The predicted octanol–water partition coefficient (Wildman–Crippen LogP) is 1.77. The monoisotopic (exact) mass is 282 g/mol. The Labute approximate surface area is 118 Å². The van der Waals surface area contributed by atoms with Crippen LogP contribution in [0.4, 0.5) is 5.69 Å². The van der Waals surface area contributed by atoms with Gasteiger partial charge in [-0.15, -0.1) is 0 Å². The lowest BCUT2D eigenvalue weighted by molar-refractivity contribution is -0.384. The van der Waals surface area contributed by atoms with Gasteiger partial charge in [-0.05, 0) is 31.0 Å². The zero-order chi connectivity index (χ0) is 15.1. The Kier molecular flexibility index (Phi) is 6.57. The van der Waals surface area contributed by atoms with Gasteiger partial charge in [0.05, 0.1) is 23.7 Å². The maximum absolute atomic E-state index is 10.6. The van der Waals surface area contributed by atoms with Gasteiger partial charge in [-0.3, -0.25) is 10.1 Å². The molecule has 0 bridgehead atoms. The number of aliphatic hydroxyl groups is 2. The van der Waals surface area contributed by atoms with Gasteiger partial charge in [0.2, 0.25) is 0 Å². The summed E-state index contributed by atoms with van der Waals surface area (Å²) in [5.74, 6) is 0. The number of non-ortho nitro benzene ring substituents is 1. The second kappa shape index (κ2) is 7.94. The highest BCUT2D eigenvalue weighted by atomic mass is 16.6. The van der Waals surface area contributed by atoms with E-state index in [0.29, 0.717) is 5.56 Å². The average molecular weight is 282 g/mol. The SMILES string of the molecule is CCCC(C)NC(CO)C(O)c1ccc([N+](=O)[O-])cc1. The molecule has 1 aromatic carbocycles. The summed E-state index contributed by atoms with van der Waals surface area (Å²) in [6.45, 7) is 3.86. The van der Waals surface area contributed by atoms with Crippen LogP contribution < -0.4 is 5.32 Å². The highest BCUT2D eigenvalue weighted by Gasteiger charge is 2.22. The predicted molar refractivity (Wildman–Crippen MR) is 76.4 cm³/mol. The highest BCUT2D eigenvalue weighted by Crippen LogP contribution is 2.20. The molecule has 3 unspecified atom stereocenters. The Bertz CT molecular complexity index is 422. The van der Waals surface area contributed by atoms with E-state index in [2.05, 4.69) is 12.2 Å². The smallest absolute Gasteiger partial charge is 0.269 e. The molecular formula is C14H22N2O4. The van der Waals surface area contributed by atoms with Crippen LogP contribution in [0.5, 0.6) is 0 Å². The normalized spacial score (nSPS) is 15.6. The van der Waals surface area contributed by atoms with Crippen LogP contribution in [0.2, 0.25) is 0 Å². The number of nitro benzene ring substituents is 1. The van der Waals surface area contributed by atoms with Crippen molar-refractivity contribution in [2.45, 2.75) is 44.9 Å². The van der Waals surface area contributed by atoms with Crippen molar-refractivity contribution >= 4 is 5.69 Å². The van der Waals surface area contributed by atoms with E-state index in [4.69, 9.17) is 0 Å². The summed E-state index contributed by atoms with van der Waals surface area (Å²) in [7, 11) is 0. The number of hydrogen-bond donors (Lipinski definition) is 3. The van der Waals surface area contributed by atoms with Crippen LogP contribution in [0.25, 0.3) is 0 Å². The first kappa shape index (κ1) is 16.6. The van der Waals surface area contributed by atoms with Crippen LogP contribution in [0.3, 0.4) is 0 Å². The molecule has 6 nitrogen and oxygen atoms in total. The maximum atomic E-state index is 10.6. The molecule has 1 aromatic rings. The molecule has 20 heavy (non-hydrogen) atoms. The minimum Gasteiger partial charge on any atom is -0.395 e. The van der Waals surface area contributed by atoms with Gasteiger partial charge in [-0.1, -0.05) is 13.3 Å². The molecule has 6 heteroatoms. The van der Waals surface area contributed by atoms with Crippen LogP contribution in [-0.2, 0) is 0 Å². The molecule has 1 rings (SSSR count). The Morgan fingerprint density at radius 1 is 1.35 bits per heavy atom. The van der Waals surface area contributed by atoms with Crippen LogP contribution in [0.1, 0.15) is 38.4 Å². The van der Waals surface area contributed by atoms with Gasteiger partial charge in [-0.2, -0.15) is 0 Å². The molecule has 0 amide bonds. The van der Waals surface area contributed by atoms with Crippen molar-refractivity contribution in [3.8, 4) is 0 Å². The van der Waals surface area contributed by atoms with Crippen molar-refractivity contribution in [3.63, 3.8) is 0 Å². The summed E-state index contributed by atoms with van der Waals surface area (Å²) < 4.78 is 0. The van der Waals surface area contributed by atoms with Gasteiger partial charge in [0.25, 0.3) is 5.69 Å². The van der Waals surface area contributed by atoms with Gasteiger partial charge in [0, 0.05) is 18.2 Å². The number of aliphatic hydroxyl groups excluding tert-OH is 2. The molecule has 0 aromatic heterocycles. The van der Waals surface area contributed by atoms with Crippen LogP contribution in [0, 0.1) is 10.1 Å². The average Bonchev–Trinajstić information content (AvgIpc) is 2.44. The van der Waals surface area contributed by atoms with Crippen molar-refractivity contribution in [3.05, 3.63) is 39.9 Å². The van der Waals surface area contributed by atoms with Gasteiger partial charge in [-0.25, -0.2) is 0 Å². The minimum absolute atomic E-state index is 0.0196. The number of rotatable bonds is 8. The summed E-state index contributed by atoms with van der Waals surface area (Å²) in [6, 6.07) is 5.42. The van der Waals surface area contributed by atoms with E-state index in [1.54, 1.807) is 0 Å². The first-order valence-electron chi connectivity index (χ1n) is 6.78. The van der Waals surface area contributed by atoms with Crippen LogP contribution in [0.15, 0.2) is 24.3 Å². The van der Waals surface area contributed by atoms with E-state index < -0.39 is 17.1 Å². The molecule has 3 N–H and O–H groups in total. The first-order chi connectivity index (χ1) is 9.49. The third kappa shape index (κ3) is 4.56. The third-order valence-corrected chi connectivity index (χ3v) is 3.24. The Morgan fingerprint density at radius 3 is 2.40 bits per heavy atom. The highest BCUT2D eigenvalue weighted by molar-refractivity contribution is 5.34. The molecule has 0 saturated heterocycles. The van der Waals surface area contributed by atoms with E-state index in [1.807, 2.05) is 6.92 Å². The molecule has 0 heterocycles. The van der Waals surface area contributed by atoms with Crippen molar-refractivity contribution in [2.75, 3.05) is 6.61 Å². The first-order valence-corrected chi connectivity index (χ1v) is 6.78. The summed E-state index contributed by atoms with van der Waals surface area (Å²) in [5.41, 5.74) is 0.527. The zero-order valence-corrected chi connectivity index (χ0v) is 11.8. The number of hydrogen-bond acceptors (Lipinski definition) is 5. The lowest BCUT2D eigenvalue weighted by Gasteiger charge is -2.26. The molecule has 0 saturated carbocycles. The standard InChI is InChI=1S/C14H22N2O4/c1-3-4-10(2)15-13(9-17)14(18)11-5-7-12(8-6-11)16(19)20/h5-8,10,13-15,17-18H,3-4,9H2,1-2H3. The molecule has 3 atom stereocenters. The molecule has 0 radical (unpaired) electrons. The lowest BCUT2D eigenvalue weighted by atomic mass is 10.0. The van der Waals surface area contributed by atoms with Gasteiger partial charge < -0.3 is 15.5 Å². The fraction of sp³-hybridized carbons (Fsp3) is 0.571. The van der Waals surface area contributed by atoms with Gasteiger partial charge in [0.15, 0.2) is 0 Å². The fourth-order valence-electron chi connectivity index (χ4n) is 2.15. The van der Waals surface area contributed by atoms with E-state index in [1.165, 1.54) is 24.3 Å². The van der Waals surface area contributed by atoms with Gasteiger partial charge in [0.1, 0.15) is 0 Å². The van der Waals surface area contributed by atoms with E-state index >= 15 is 0 Å². The van der Waals surface area contributed by atoms with Crippen molar-refractivity contribution in [1.29, 1.82) is 0 Å². The topological polar surface area (TPSA) is 95.6 Å². The Balaban J connectivity index is 2.74. The zero-order valence-electron chi connectivity index (χ0n) is 11.8. The van der Waals surface area contributed by atoms with E-state index in [0.717, 1.165) is 12.8 Å². The molecule has 0 aliphatic rings. The summed E-state index contributed by atoms with van der Waals surface area (Å²) in [5, 5.41) is 33.4. The van der Waals surface area contributed by atoms with Crippen LogP contribution in [-0.4, -0.2) is 33.8 Å². The molecule has 0 fully saturated rings. The lowest BCUT2D eigenvalue weighted by Crippen LogP contribution is -2.43. The largest absolute Gasteiger partial charge is 0.395 e. The number of nitrogens with zero attached hydrogens (tertiary/aromatic N) is 1. The van der Waals surface area contributed by atoms with E-state index in [9.17, 15) is 20.3 Å². The second-order valence-electron chi connectivity index (χ2n) is 4.94. The molecule has 0 spiro atoms. The number of benzene rings is 1. The molecule has 0 aliphatic carbocycles. The van der Waals surface area contributed by atoms with E-state index in [-0.39, 0.29) is 18.3 Å². The number of nitro groups is 1. The fourth-order valence-corrected chi connectivity index (χ4v) is 2.15. The molecule has 112 valence electrons. The van der Waals surface area contributed by atoms with Crippen molar-refractivity contribution in [2.24, 2.45) is 0 Å². The molecular weight excluding hydrogens is 260 g/mol. The third-order valence-electron chi connectivity index (χ3n) is 3.24.